The predicted molar refractivity (Wildman–Crippen MR) is 155 cm³/mol. The van der Waals surface area contributed by atoms with E-state index in [-0.39, 0.29) is 35.6 Å². The Morgan fingerprint density at radius 3 is 2.66 bits per heavy atom. The average Bonchev–Trinajstić information content (AvgIpc) is 3.63. The van der Waals surface area contributed by atoms with E-state index < -0.39 is 5.97 Å². The standard InChI is InChI=1S/C33H38N4O4/c1-21-13-29(41-2)27(26-7-10-35-31(21)26)20-36-12-9-33(15-23(16-33)18-34)17-28(36)24-3-5-25(6-4-24)32(40)37-11-8-22(19-37)14-30(38)39/h3-7,10,13,22-23,28,35H,8-9,11-12,14-17,19-20H2,1-2H3,(H,38,39)/t22-,23?,28+,33?/m1/s1. The van der Waals surface area contributed by atoms with Crippen LogP contribution in [0.5, 0.6) is 5.75 Å². The van der Waals surface area contributed by atoms with Crippen molar-refractivity contribution in [3.63, 3.8) is 0 Å². The van der Waals surface area contributed by atoms with Gasteiger partial charge in [-0.25, -0.2) is 0 Å². The largest absolute Gasteiger partial charge is 0.496 e. The number of hydrogen-bond donors (Lipinski definition) is 2. The minimum atomic E-state index is -0.809. The Morgan fingerprint density at radius 1 is 1.17 bits per heavy atom. The predicted octanol–water partition coefficient (Wildman–Crippen LogP) is 5.68. The number of nitriles is 1. The van der Waals surface area contributed by atoms with Gasteiger partial charge in [0, 0.05) is 66.2 Å². The van der Waals surface area contributed by atoms with Gasteiger partial charge in [0.1, 0.15) is 5.75 Å². The van der Waals surface area contributed by atoms with Crippen LogP contribution in [0.25, 0.3) is 10.9 Å². The number of carboxylic acids is 1. The zero-order valence-corrected chi connectivity index (χ0v) is 23.9. The normalized spacial score (nSPS) is 26.2. The lowest BCUT2D eigenvalue weighted by Gasteiger charge is -2.53. The van der Waals surface area contributed by atoms with E-state index in [1.54, 1.807) is 12.0 Å². The third-order valence-electron chi connectivity index (χ3n) is 9.81. The second-order valence-electron chi connectivity index (χ2n) is 12.4. The van der Waals surface area contributed by atoms with Gasteiger partial charge in [0.25, 0.3) is 5.91 Å². The van der Waals surface area contributed by atoms with Gasteiger partial charge < -0.3 is 19.7 Å². The molecule has 214 valence electrons. The quantitative estimate of drug-likeness (QED) is 0.389. The molecular weight excluding hydrogens is 516 g/mol. The number of aromatic nitrogens is 1. The molecule has 2 saturated heterocycles. The molecule has 1 aromatic heterocycles. The summed E-state index contributed by atoms with van der Waals surface area (Å²) in [7, 11) is 1.73. The number of aromatic amines is 1. The van der Waals surface area contributed by atoms with Crippen molar-refractivity contribution in [3.05, 3.63) is 64.8 Å². The molecule has 1 aliphatic carbocycles. The van der Waals surface area contributed by atoms with Gasteiger partial charge in [0.2, 0.25) is 0 Å². The molecule has 3 aromatic rings. The van der Waals surface area contributed by atoms with Crippen LogP contribution < -0.4 is 4.74 Å². The van der Waals surface area contributed by atoms with Gasteiger partial charge in [0.05, 0.1) is 13.2 Å². The van der Waals surface area contributed by atoms with Crippen molar-refractivity contribution in [3.8, 4) is 11.8 Å². The lowest BCUT2D eigenvalue weighted by molar-refractivity contribution is -0.138. The number of methoxy groups -OCH3 is 1. The lowest BCUT2D eigenvalue weighted by atomic mass is 9.56. The smallest absolute Gasteiger partial charge is 0.303 e. The number of carbonyl (C=O) groups is 2. The number of aliphatic carboxylic acids is 1. The first-order valence-electron chi connectivity index (χ1n) is 14.7. The Bertz CT molecular complexity index is 1500. The first kappa shape index (κ1) is 27.3. The fourth-order valence-corrected chi connectivity index (χ4v) is 7.59. The molecule has 3 aliphatic rings. The molecular formula is C33H38N4O4. The Morgan fingerprint density at radius 2 is 1.95 bits per heavy atom. The summed E-state index contributed by atoms with van der Waals surface area (Å²) in [4.78, 5) is 32.0. The van der Waals surface area contributed by atoms with Crippen molar-refractivity contribution in [2.75, 3.05) is 26.7 Å². The third kappa shape index (κ3) is 5.19. The van der Waals surface area contributed by atoms with Crippen LogP contribution >= 0.6 is 0 Å². The zero-order chi connectivity index (χ0) is 28.7. The summed E-state index contributed by atoms with van der Waals surface area (Å²) in [5.74, 6) is 0.236. The van der Waals surface area contributed by atoms with Gasteiger partial charge >= 0.3 is 5.97 Å². The summed E-state index contributed by atoms with van der Waals surface area (Å²) < 4.78 is 5.86. The first-order valence-corrected chi connectivity index (χ1v) is 14.7. The number of likely N-dealkylation sites (tertiary alicyclic amines) is 2. The number of carbonyl (C=O) groups excluding carboxylic acids is 1. The molecule has 8 heteroatoms. The van der Waals surface area contributed by atoms with Crippen molar-refractivity contribution in [2.24, 2.45) is 17.3 Å². The van der Waals surface area contributed by atoms with Crippen molar-refractivity contribution >= 4 is 22.8 Å². The van der Waals surface area contributed by atoms with E-state index in [1.807, 2.05) is 18.3 Å². The van der Waals surface area contributed by atoms with Crippen LogP contribution in [0.2, 0.25) is 0 Å². The van der Waals surface area contributed by atoms with Crippen molar-refractivity contribution < 1.29 is 19.4 Å². The summed E-state index contributed by atoms with van der Waals surface area (Å²) in [6.07, 6.45) is 6.83. The number of H-pyrrole nitrogens is 1. The van der Waals surface area contributed by atoms with E-state index in [1.165, 1.54) is 16.5 Å². The maximum atomic E-state index is 13.2. The van der Waals surface area contributed by atoms with Crippen molar-refractivity contribution in [2.45, 2.75) is 58.0 Å². The number of benzene rings is 2. The van der Waals surface area contributed by atoms with Crippen LogP contribution in [0.4, 0.5) is 0 Å². The number of nitrogens with zero attached hydrogens (tertiary/aromatic N) is 3. The summed E-state index contributed by atoms with van der Waals surface area (Å²) in [5, 5.41) is 19.8. The molecule has 1 amide bonds. The maximum absolute atomic E-state index is 13.2. The van der Waals surface area contributed by atoms with E-state index in [0.717, 1.165) is 62.0 Å². The SMILES string of the molecule is COc1cc(C)c2[nH]ccc2c1CN1CCC2(CC(C#N)C2)C[C@H]1c1ccc(C(=O)N2CC[C@H](CC(=O)O)C2)cc1. The molecule has 2 aromatic carbocycles. The zero-order valence-electron chi connectivity index (χ0n) is 23.9. The average molecular weight is 555 g/mol. The number of hydrogen-bond acceptors (Lipinski definition) is 5. The highest BCUT2D eigenvalue weighted by atomic mass is 16.5. The van der Waals surface area contributed by atoms with Gasteiger partial charge in [0.15, 0.2) is 0 Å². The Labute approximate surface area is 240 Å². The van der Waals surface area contributed by atoms with Gasteiger partial charge in [-0.1, -0.05) is 12.1 Å². The van der Waals surface area contributed by atoms with E-state index in [0.29, 0.717) is 18.7 Å². The topological polar surface area (TPSA) is 110 Å². The minimum Gasteiger partial charge on any atom is -0.496 e. The van der Waals surface area contributed by atoms with Gasteiger partial charge in [-0.2, -0.15) is 5.26 Å². The Hall–Kier alpha value is -3.83. The van der Waals surface area contributed by atoms with Crippen LogP contribution in [-0.4, -0.2) is 58.5 Å². The molecule has 1 saturated carbocycles. The fraction of sp³-hybridized carbons (Fsp3) is 0.485. The van der Waals surface area contributed by atoms with Crippen LogP contribution in [0.15, 0.2) is 42.6 Å². The number of carboxylic acid groups (broad SMARTS) is 1. The highest BCUT2D eigenvalue weighted by Crippen LogP contribution is 2.57. The number of fused-ring (bicyclic) bond motifs is 1. The summed E-state index contributed by atoms with van der Waals surface area (Å²) in [5.41, 5.74) is 5.50. The number of piperidine rings is 1. The Kier molecular flexibility index (Phi) is 7.25. The molecule has 0 unspecified atom stereocenters. The molecule has 8 nitrogen and oxygen atoms in total. The molecule has 41 heavy (non-hydrogen) atoms. The second kappa shape index (κ2) is 10.9. The summed E-state index contributed by atoms with van der Waals surface area (Å²) in [6, 6.07) is 14.9. The van der Waals surface area contributed by atoms with E-state index in [2.05, 4.69) is 47.1 Å². The molecule has 0 radical (unpaired) electrons. The molecule has 6 rings (SSSR count). The third-order valence-corrected chi connectivity index (χ3v) is 9.81. The van der Waals surface area contributed by atoms with Crippen molar-refractivity contribution in [1.29, 1.82) is 5.26 Å². The monoisotopic (exact) mass is 554 g/mol. The number of rotatable bonds is 7. The van der Waals surface area contributed by atoms with Gasteiger partial charge in [-0.15, -0.1) is 0 Å². The highest BCUT2D eigenvalue weighted by molar-refractivity contribution is 5.94. The van der Waals surface area contributed by atoms with E-state index in [9.17, 15) is 14.9 Å². The number of amides is 1. The molecule has 3 heterocycles. The van der Waals surface area contributed by atoms with Gasteiger partial charge in [-0.3, -0.25) is 14.5 Å². The molecule has 2 N–H and O–H groups in total. The minimum absolute atomic E-state index is 0.0210. The molecule has 2 aliphatic heterocycles. The van der Waals surface area contributed by atoms with Crippen LogP contribution in [0.1, 0.15) is 71.6 Å². The number of ether oxygens (including phenoxy) is 1. The van der Waals surface area contributed by atoms with Crippen LogP contribution in [0.3, 0.4) is 0 Å². The Balaban J connectivity index is 1.26. The lowest BCUT2D eigenvalue weighted by Crippen LogP contribution is -2.48. The van der Waals surface area contributed by atoms with Crippen LogP contribution in [0, 0.1) is 35.5 Å². The molecule has 0 bridgehead atoms. The molecule has 3 fully saturated rings. The second-order valence-corrected chi connectivity index (χ2v) is 12.4. The fourth-order valence-electron chi connectivity index (χ4n) is 7.59. The van der Waals surface area contributed by atoms with E-state index in [4.69, 9.17) is 9.84 Å². The van der Waals surface area contributed by atoms with Crippen LogP contribution in [-0.2, 0) is 11.3 Å². The summed E-state index contributed by atoms with van der Waals surface area (Å²) in [6.45, 7) is 4.88. The van der Waals surface area contributed by atoms with Crippen molar-refractivity contribution in [1.82, 2.24) is 14.8 Å². The highest BCUT2D eigenvalue weighted by Gasteiger charge is 2.49. The summed E-state index contributed by atoms with van der Waals surface area (Å²) >= 11 is 0. The maximum Gasteiger partial charge on any atom is 0.303 e. The first-order chi connectivity index (χ1) is 19.8. The number of nitrogens with one attached hydrogen (secondary N) is 1. The van der Waals surface area contributed by atoms with Gasteiger partial charge in [-0.05, 0) is 92.3 Å². The molecule has 2 atom stereocenters. The van der Waals surface area contributed by atoms with E-state index >= 15 is 0 Å². The molecule has 1 spiro atoms. The number of aryl methyl sites for hydroxylation is 1.